The molecule has 2 aliphatic heterocycles. The largest absolute Gasteiger partial charge is 0.356 e. The summed E-state index contributed by atoms with van der Waals surface area (Å²) >= 11 is 0. The number of nitrogens with zero attached hydrogens (tertiary/aromatic N) is 3. The second-order valence-corrected chi connectivity index (χ2v) is 8.86. The third kappa shape index (κ3) is 3.91. The number of benzene rings is 2. The molecule has 1 fully saturated rings. The highest BCUT2D eigenvalue weighted by Crippen LogP contribution is 2.39. The Balaban J connectivity index is 1.47. The van der Waals surface area contributed by atoms with Crippen molar-refractivity contribution < 1.29 is 13.6 Å². The quantitative estimate of drug-likeness (QED) is 0.678. The maximum Gasteiger partial charge on any atom is 0.224 e. The highest BCUT2D eigenvalue weighted by molar-refractivity contribution is 5.86. The maximum atomic E-state index is 14.9. The van der Waals surface area contributed by atoms with Crippen LogP contribution in [0.2, 0.25) is 0 Å². The Kier molecular flexibility index (Phi) is 5.69. The average Bonchev–Trinajstić information content (AvgIpc) is 3.18. The van der Waals surface area contributed by atoms with Crippen LogP contribution in [-0.4, -0.2) is 71.9 Å². The number of hydrogen-bond donors (Lipinski definition) is 1. The maximum absolute atomic E-state index is 14.9. The number of amides is 1. The monoisotopic (exact) mass is 438 g/mol. The molecule has 0 saturated carbocycles. The zero-order valence-corrected chi connectivity index (χ0v) is 18.3. The van der Waals surface area contributed by atoms with Gasteiger partial charge in [0, 0.05) is 67.8 Å². The third-order valence-electron chi connectivity index (χ3n) is 6.85. The molecule has 3 aromatic rings. The predicted octanol–water partition coefficient (Wildman–Crippen LogP) is 3.56. The molecule has 1 N–H and O–H groups in total. The number of aromatic nitrogens is 1. The molecular weight excluding hydrogens is 410 g/mol. The second-order valence-electron chi connectivity index (χ2n) is 8.86. The first kappa shape index (κ1) is 21.1. The summed E-state index contributed by atoms with van der Waals surface area (Å²) < 4.78 is 29.1. The molecule has 32 heavy (non-hydrogen) atoms. The lowest BCUT2D eigenvalue weighted by atomic mass is 9.91. The lowest BCUT2D eigenvalue weighted by Gasteiger charge is -2.37. The molecule has 5 nitrogen and oxygen atoms in total. The van der Waals surface area contributed by atoms with Gasteiger partial charge in [-0.05, 0) is 43.3 Å². The number of fused-ring (bicyclic) bond motifs is 3. The molecule has 168 valence electrons. The zero-order chi connectivity index (χ0) is 22.2. The van der Waals surface area contributed by atoms with Gasteiger partial charge in [0.1, 0.15) is 17.7 Å². The van der Waals surface area contributed by atoms with Gasteiger partial charge in [-0.25, -0.2) is 8.78 Å². The van der Waals surface area contributed by atoms with Gasteiger partial charge in [0.2, 0.25) is 5.91 Å². The van der Waals surface area contributed by atoms with E-state index in [0.717, 1.165) is 60.5 Å². The predicted molar refractivity (Wildman–Crippen MR) is 120 cm³/mol. The lowest BCUT2D eigenvalue weighted by Crippen LogP contribution is -2.46. The SMILES string of the molecule is CN1CCN(CCC(=O)N2CCc3c([nH]c4ccccc34)C2c2cc(F)ccc2F)CC1. The summed E-state index contributed by atoms with van der Waals surface area (Å²) in [5.41, 5.74) is 3.02. The van der Waals surface area contributed by atoms with Crippen molar-refractivity contribution >= 4 is 16.8 Å². The first-order chi connectivity index (χ1) is 15.5. The number of halogens is 2. The molecule has 1 atom stereocenters. The highest BCUT2D eigenvalue weighted by Gasteiger charge is 2.36. The zero-order valence-electron chi connectivity index (χ0n) is 18.3. The Bertz CT molecular complexity index is 1140. The molecule has 0 bridgehead atoms. The van der Waals surface area contributed by atoms with Crippen molar-refractivity contribution in [2.45, 2.75) is 18.9 Å². The van der Waals surface area contributed by atoms with Crippen molar-refractivity contribution in [1.29, 1.82) is 0 Å². The lowest BCUT2D eigenvalue weighted by molar-refractivity contribution is -0.133. The number of hydrogen-bond acceptors (Lipinski definition) is 3. The van der Waals surface area contributed by atoms with E-state index in [4.69, 9.17) is 0 Å². The van der Waals surface area contributed by atoms with E-state index in [1.165, 1.54) is 6.07 Å². The van der Waals surface area contributed by atoms with Gasteiger partial charge in [0.25, 0.3) is 0 Å². The standard InChI is InChI=1S/C25H28F2N4O/c1-29-12-14-30(15-13-29)10-9-23(32)31-11-8-19-18-4-2-3-5-22(18)28-24(19)25(31)20-16-17(26)6-7-21(20)27/h2-7,16,25,28H,8-15H2,1H3. The molecule has 2 aromatic carbocycles. The van der Waals surface area contributed by atoms with Gasteiger partial charge >= 0.3 is 0 Å². The van der Waals surface area contributed by atoms with Crippen LogP contribution in [0.4, 0.5) is 8.78 Å². The Morgan fingerprint density at radius 1 is 1.06 bits per heavy atom. The highest BCUT2D eigenvalue weighted by atomic mass is 19.1. The summed E-state index contributed by atoms with van der Waals surface area (Å²) in [6.07, 6.45) is 1.06. The Labute approximate surface area is 186 Å². The molecule has 5 rings (SSSR count). The molecule has 7 heteroatoms. The number of piperazine rings is 1. The van der Waals surface area contributed by atoms with Gasteiger partial charge in [-0.15, -0.1) is 0 Å². The van der Waals surface area contributed by atoms with Crippen molar-refractivity contribution in [2.75, 3.05) is 46.3 Å². The molecule has 3 heterocycles. The number of nitrogens with one attached hydrogen (secondary N) is 1. The van der Waals surface area contributed by atoms with Crippen LogP contribution >= 0.6 is 0 Å². The van der Waals surface area contributed by atoms with Gasteiger partial charge in [-0.3, -0.25) is 4.79 Å². The van der Waals surface area contributed by atoms with Gasteiger partial charge in [0.15, 0.2) is 0 Å². The van der Waals surface area contributed by atoms with Crippen LogP contribution in [-0.2, 0) is 11.2 Å². The number of carbonyl (C=O) groups excluding carboxylic acids is 1. The fourth-order valence-electron chi connectivity index (χ4n) is 5.03. The van der Waals surface area contributed by atoms with Crippen molar-refractivity contribution in [3.63, 3.8) is 0 Å². The van der Waals surface area contributed by atoms with Crippen LogP contribution in [0.25, 0.3) is 10.9 Å². The van der Waals surface area contributed by atoms with Crippen LogP contribution in [0, 0.1) is 11.6 Å². The smallest absolute Gasteiger partial charge is 0.224 e. The molecule has 2 aliphatic rings. The topological polar surface area (TPSA) is 42.6 Å². The molecule has 1 unspecified atom stereocenters. The molecule has 1 aromatic heterocycles. The van der Waals surface area contributed by atoms with E-state index < -0.39 is 17.7 Å². The minimum absolute atomic E-state index is 0.0260. The van der Waals surface area contributed by atoms with Gasteiger partial charge in [0.05, 0.1) is 0 Å². The van der Waals surface area contributed by atoms with Crippen molar-refractivity contribution in [3.8, 4) is 0 Å². The summed E-state index contributed by atoms with van der Waals surface area (Å²) in [5, 5.41) is 1.08. The van der Waals surface area contributed by atoms with Crippen molar-refractivity contribution in [3.05, 3.63) is 70.9 Å². The van der Waals surface area contributed by atoms with Crippen LogP contribution < -0.4 is 0 Å². The van der Waals surface area contributed by atoms with E-state index in [-0.39, 0.29) is 11.5 Å². The number of rotatable bonds is 4. The molecule has 0 radical (unpaired) electrons. The van der Waals surface area contributed by atoms with Crippen LogP contribution in [0.1, 0.15) is 29.3 Å². The van der Waals surface area contributed by atoms with Gasteiger partial charge < -0.3 is 19.7 Å². The summed E-state index contributed by atoms with van der Waals surface area (Å²) in [7, 11) is 2.10. The van der Waals surface area contributed by atoms with E-state index in [2.05, 4.69) is 21.8 Å². The van der Waals surface area contributed by atoms with E-state index in [9.17, 15) is 13.6 Å². The van der Waals surface area contributed by atoms with Crippen LogP contribution in [0.15, 0.2) is 42.5 Å². The Hall–Kier alpha value is -2.77. The third-order valence-corrected chi connectivity index (χ3v) is 6.85. The normalized spacial score (nSPS) is 20.0. The minimum Gasteiger partial charge on any atom is -0.356 e. The van der Waals surface area contributed by atoms with Gasteiger partial charge in [-0.2, -0.15) is 0 Å². The number of aromatic amines is 1. The number of carbonyl (C=O) groups is 1. The molecule has 0 spiro atoms. The van der Waals surface area contributed by atoms with Gasteiger partial charge in [-0.1, -0.05) is 18.2 Å². The first-order valence-electron chi connectivity index (χ1n) is 11.3. The molecule has 1 saturated heterocycles. The Morgan fingerprint density at radius 3 is 2.66 bits per heavy atom. The van der Waals surface area contributed by atoms with Crippen LogP contribution in [0.3, 0.4) is 0 Å². The summed E-state index contributed by atoms with van der Waals surface area (Å²) in [6, 6.07) is 10.8. The first-order valence-corrected chi connectivity index (χ1v) is 11.3. The molecule has 1 amide bonds. The van der Waals surface area contributed by atoms with E-state index in [1.54, 1.807) is 4.90 Å². The minimum atomic E-state index is -0.665. The van der Waals surface area contributed by atoms with Crippen molar-refractivity contribution in [2.24, 2.45) is 0 Å². The van der Waals surface area contributed by atoms with Crippen LogP contribution in [0.5, 0.6) is 0 Å². The number of para-hydroxylation sites is 1. The average molecular weight is 439 g/mol. The number of likely N-dealkylation sites (N-methyl/N-ethyl adjacent to an activating group) is 1. The van der Waals surface area contributed by atoms with E-state index >= 15 is 0 Å². The summed E-state index contributed by atoms with van der Waals surface area (Å²) in [4.78, 5) is 23.1. The summed E-state index contributed by atoms with van der Waals surface area (Å²) in [6.45, 7) is 5.04. The summed E-state index contributed by atoms with van der Waals surface area (Å²) in [5.74, 6) is -1.03. The molecular formula is C25H28F2N4O. The fourth-order valence-corrected chi connectivity index (χ4v) is 5.03. The van der Waals surface area contributed by atoms with E-state index in [0.29, 0.717) is 25.9 Å². The molecule has 0 aliphatic carbocycles. The van der Waals surface area contributed by atoms with Crippen molar-refractivity contribution in [1.82, 2.24) is 19.7 Å². The second kappa shape index (κ2) is 8.64. The number of H-pyrrole nitrogens is 1. The Morgan fingerprint density at radius 2 is 1.84 bits per heavy atom. The van der Waals surface area contributed by atoms with E-state index in [1.807, 2.05) is 24.3 Å². The fraction of sp³-hybridized carbons (Fsp3) is 0.400.